The van der Waals surface area contributed by atoms with E-state index in [9.17, 15) is 14.7 Å². The third-order valence-electron chi connectivity index (χ3n) is 3.77. The Labute approximate surface area is 149 Å². The molecule has 3 rings (SSSR count). The minimum atomic E-state index is -0.890. The van der Waals surface area contributed by atoms with E-state index in [0.29, 0.717) is 0 Å². The summed E-state index contributed by atoms with van der Waals surface area (Å²) in [6, 6.07) is 18.4. The summed E-state index contributed by atoms with van der Waals surface area (Å²) in [6.45, 7) is 0. The Kier molecular flexibility index (Phi) is 4.89. The molecule has 0 spiro atoms. The van der Waals surface area contributed by atoms with E-state index >= 15 is 0 Å². The average molecular weight is 348 g/mol. The summed E-state index contributed by atoms with van der Waals surface area (Å²) < 4.78 is 0. The van der Waals surface area contributed by atoms with Crippen LogP contribution in [-0.4, -0.2) is 26.9 Å². The van der Waals surface area contributed by atoms with Gasteiger partial charge < -0.3 is 16.2 Å². The lowest BCUT2D eigenvalue weighted by Crippen LogP contribution is -2.30. The topological polar surface area (TPSA) is 118 Å². The molecule has 1 aromatic heterocycles. The molecule has 7 nitrogen and oxygen atoms in total. The molecular formula is C19H16N4O3. The van der Waals surface area contributed by atoms with E-state index in [1.807, 2.05) is 60.7 Å². The number of carbonyl (C=O) groups excluding carboxylic acids is 2. The zero-order valence-corrected chi connectivity index (χ0v) is 13.7. The molecule has 0 aliphatic rings. The van der Waals surface area contributed by atoms with Gasteiger partial charge in [-0.15, -0.1) is 0 Å². The smallest absolute Gasteiger partial charge is 0.286 e. The Morgan fingerprint density at radius 1 is 0.962 bits per heavy atom. The third kappa shape index (κ3) is 3.67. The molecule has 0 aliphatic carbocycles. The summed E-state index contributed by atoms with van der Waals surface area (Å²) in [5.74, 6) is -2.43. The normalized spacial score (nSPS) is 10.5. The van der Waals surface area contributed by atoms with E-state index in [2.05, 4.69) is 15.3 Å². The van der Waals surface area contributed by atoms with Crippen molar-refractivity contribution in [1.82, 2.24) is 15.3 Å². The largest absolute Gasteiger partial charge is 0.493 e. The first-order valence-electron chi connectivity index (χ1n) is 7.83. The van der Waals surface area contributed by atoms with Crippen LogP contribution in [0.5, 0.6) is 5.88 Å². The molecule has 4 N–H and O–H groups in total. The molecule has 130 valence electrons. The summed E-state index contributed by atoms with van der Waals surface area (Å²) in [5, 5.41) is 12.8. The molecule has 2 aromatic carbocycles. The number of aromatic hydroxyl groups is 1. The molecule has 0 bridgehead atoms. The highest BCUT2D eigenvalue weighted by molar-refractivity contribution is 5.97. The number of rotatable bonds is 5. The molecule has 26 heavy (non-hydrogen) atoms. The predicted molar refractivity (Wildman–Crippen MR) is 94.4 cm³/mol. The number of amides is 2. The van der Waals surface area contributed by atoms with Gasteiger partial charge in [-0.2, -0.15) is 4.98 Å². The van der Waals surface area contributed by atoms with Gasteiger partial charge in [0, 0.05) is 6.20 Å². The Balaban J connectivity index is 1.92. The SMILES string of the molecule is NC(=O)c1ncc(C(=O)NC(c2ccccc2)c2ccccc2)c(O)n1. The lowest BCUT2D eigenvalue weighted by molar-refractivity contribution is 0.0934. The zero-order chi connectivity index (χ0) is 18.5. The molecule has 0 saturated heterocycles. The van der Waals surface area contributed by atoms with Crippen LogP contribution in [0.3, 0.4) is 0 Å². The lowest BCUT2D eigenvalue weighted by Gasteiger charge is -2.20. The molecule has 0 unspecified atom stereocenters. The van der Waals surface area contributed by atoms with E-state index in [-0.39, 0.29) is 11.4 Å². The van der Waals surface area contributed by atoms with Gasteiger partial charge in [-0.1, -0.05) is 60.7 Å². The quantitative estimate of drug-likeness (QED) is 0.650. The minimum Gasteiger partial charge on any atom is -0.493 e. The molecule has 7 heteroatoms. The molecule has 3 aromatic rings. The van der Waals surface area contributed by atoms with Crippen molar-refractivity contribution in [2.24, 2.45) is 5.73 Å². The number of benzene rings is 2. The third-order valence-corrected chi connectivity index (χ3v) is 3.77. The maximum Gasteiger partial charge on any atom is 0.286 e. The second-order valence-electron chi connectivity index (χ2n) is 5.52. The van der Waals surface area contributed by atoms with Gasteiger partial charge in [-0.3, -0.25) is 9.59 Å². The summed E-state index contributed by atoms with van der Waals surface area (Å²) in [7, 11) is 0. The van der Waals surface area contributed by atoms with Crippen LogP contribution in [0.4, 0.5) is 0 Å². The standard InChI is InChI=1S/C19H16N4O3/c20-16(24)17-21-11-14(19(26)23-17)18(25)22-15(12-7-3-1-4-8-12)13-9-5-2-6-10-13/h1-11,15H,(H2,20,24)(H,22,25)(H,21,23,26). The predicted octanol–water partition coefficient (Wildman–Crippen LogP) is 1.80. The van der Waals surface area contributed by atoms with Crippen LogP contribution >= 0.6 is 0 Å². The maximum absolute atomic E-state index is 12.6. The number of aromatic nitrogens is 2. The van der Waals surface area contributed by atoms with Crippen LogP contribution in [0.15, 0.2) is 66.9 Å². The fourth-order valence-corrected chi connectivity index (χ4v) is 2.51. The fraction of sp³-hybridized carbons (Fsp3) is 0.0526. The van der Waals surface area contributed by atoms with E-state index in [1.54, 1.807) is 0 Å². The number of hydrogen-bond acceptors (Lipinski definition) is 5. The summed E-state index contributed by atoms with van der Waals surface area (Å²) >= 11 is 0. The second kappa shape index (κ2) is 7.43. The van der Waals surface area contributed by atoms with Gasteiger partial charge in [0.25, 0.3) is 11.8 Å². The highest BCUT2D eigenvalue weighted by Crippen LogP contribution is 2.23. The Bertz CT molecular complexity index is 891. The molecule has 0 saturated carbocycles. The second-order valence-corrected chi connectivity index (χ2v) is 5.52. The Hall–Kier alpha value is -3.74. The van der Waals surface area contributed by atoms with Crippen LogP contribution in [-0.2, 0) is 0 Å². The lowest BCUT2D eigenvalue weighted by atomic mass is 9.98. The van der Waals surface area contributed by atoms with E-state index < -0.39 is 23.7 Å². The Morgan fingerprint density at radius 2 is 1.50 bits per heavy atom. The highest BCUT2D eigenvalue weighted by Gasteiger charge is 2.21. The molecule has 0 fully saturated rings. The van der Waals surface area contributed by atoms with Crippen LogP contribution in [0.1, 0.15) is 38.1 Å². The molecular weight excluding hydrogens is 332 g/mol. The average Bonchev–Trinajstić information content (AvgIpc) is 2.67. The van der Waals surface area contributed by atoms with Crippen molar-refractivity contribution in [1.29, 1.82) is 0 Å². The van der Waals surface area contributed by atoms with Crippen molar-refractivity contribution in [3.8, 4) is 5.88 Å². The summed E-state index contributed by atoms with van der Waals surface area (Å²) in [6.07, 6.45) is 1.07. The Morgan fingerprint density at radius 3 is 1.96 bits per heavy atom. The van der Waals surface area contributed by atoms with Crippen molar-refractivity contribution in [2.75, 3.05) is 0 Å². The van der Waals surface area contributed by atoms with Gasteiger partial charge in [-0.05, 0) is 11.1 Å². The van der Waals surface area contributed by atoms with Gasteiger partial charge in [0.05, 0.1) is 6.04 Å². The van der Waals surface area contributed by atoms with Gasteiger partial charge in [0.1, 0.15) is 5.56 Å². The minimum absolute atomic E-state index is 0.146. The van der Waals surface area contributed by atoms with E-state index in [4.69, 9.17) is 5.73 Å². The first-order chi connectivity index (χ1) is 12.6. The van der Waals surface area contributed by atoms with Gasteiger partial charge >= 0.3 is 0 Å². The number of nitrogens with two attached hydrogens (primary N) is 1. The van der Waals surface area contributed by atoms with E-state index in [1.165, 1.54) is 0 Å². The molecule has 2 amide bonds. The van der Waals surface area contributed by atoms with Crippen molar-refractivity contribution < 1.29 is 14.7 Å². The van der Waals surface area contributed by atoms with Crippen LogP contribution < -0.4 is 11.1 Å². The van der Waals surface area contributed by atoms with Crippen LogP contribution in [0.25, 0.3) is 0 Å². The monoisotopic (exact) mass is 348 g/mol. The van der Waals surface area contributed by atoms with Crippen molar-refractivity contribution in [3.63, 3.8) is 0 Å². The van der Waals surface area contributed by atoms with Crippen LogP contribution in [0, 0.1) is 0 Å². The first kappa shape index (κ1) is 17.1. The number of carbonyl (C=O) groups is 2. The van der Waals surface area contributed by atoms with Crippen molar-refractivity contribution in [3.05, 3.63) is 89.4 Å². The van der Waals surface area contributed by atoms with Gasteiger partial charge in [0.15, 0.2) is 0 Å². The van der Waals surface area contributed by atoms with Gasteiger partial charge in [-0.25, -0.2) is 4.98 Å². The number of nitrogens with zero attached hydrogens (tertiary/aromatic N) is 2. The maximum atomic E-state index is 12.6. The highest BCUT2D eigenvalue weighted by atomic mass is 16.3. The summed E-state index contributed by atoms with van der Waals surface area (Å²) in [4.78, 5) is 31.0. The zero-order valence-electron chi connectivity index (χ0n) is 13.7. The number of primary amides is 1. The van der Waals surface area contributed by atoms with Gasteiger partial charge in [0.2, 0.25) is 11.7 Å². The molecule has 0 atom stereocenters. The van der Waals surface area contributed by atoms with Crippen molar-refractivity contribution >= 4 is 11.8 Å². The van der Waals surface area contributed by atoms with Crippen molar-refractivity contribution in [2.45, 2.75) is 6.04 Å². The molecule has 0 aliphatic heterocycles. The summed E-state index contributed by atoms with van der Waals surface area (Å²) in [5.41, 5.74) is 6.67. The fourth-order valence-electron chi connectivity index (χ4n) is 2.51. The number of nitrogens with one attached hydrogen (secondary N) is 1. The van der Waals surface area contributed by atoms with E-state index in [0.717, 1.165) is 17.3 Å². The first-order valence-corrected chi connectivity index (χ1v) is 7.83. The number of hydrogen-bond donors (Lipinski definition) is 3. The molecule has 1 heterocycles. The van der Waals surface area contributed by atoms with Crippen LogP contribution in [0.2, 0.25) is 0 Å². The molecule has 0 radical (unpaired) electrons.